The van der Waals surface area contributed by atoms with Crippen LogP contribution in [0.1, 0.15) is 84.9 Å². The molecule has 9 N–H and O–H groups in total. The van der Waals surface area contributed by atoms with Crippen molar-refractivity contribution in [2.75, 3.05) is 20.1 Å². The summed E-state index contributed by atoms with van der Waals surface area (Å²) in [4.78, 5) is 38.1. The van der Waals surface area contributed by atoms with Gasteiger partial charge in [0.25, 0.3) is 0 Å². The molecule has 0 bridgehead atoms. The summed E-state index contributed by atoms with van der Waals surface area (Å²) in [5, 5.41) is 21.2. The number of hydrogen-bond acceptors (Lipinski definition) is 9. The summed E-state index contributed by atoms with van der Waals surface area (Å²) in [5.41, 5.74) is 14.0. The van der Waals surface area contributed by atoms with Crippen LogP contribution in [-0.2, 0) is 35.3 Å². The van der Waals surface area contributed by atoms with Crippen molar-refractivity contribution in [3.05, 3.63) is 81.4 Å². The zero-order chi connectivity index (χ0) is 39.0. The molecule has 1 aliphatic heterocycles. The zero-order valence-electron chi connectivity index (χ0n) is 30.5. The Kier molecular flexibility index (Phi) is 14.6. The number of rotatable bonds is 9. The summed E-state index contributed by atoms with van der Waals surface area (Å²) in [6.45, 7) is 2.58. The molecule has 2 unspecified atom stereocenters. The number of aromatic nitrogens is 2. The Hall–Kier alpha value is -3.44. The number of nitrogens with two attached hydrogens (primary N) is 2. The maximum atomic E-state index is 14.6. The van der Waals surface area contributed by atoms with Gasteiger partial charge < -0.3 is 37.1 Å². The number of unbranched alkanes of at least 4 members (excludes halogenated alkanes) is 1. The Morgan fingerprint density at radius 2 is 1.81 bits per heavy atom. The predicted molar refractivity (Wildman–Crippen MR) is 205 cm³/mol. The number of benzene rings is 1. The van der Waals surface area contributed by atoms with Crippen LogP contribution in [0.25, 0.3) is 6.08 Å². The molecule has 294 valence electrons. The minimum atomic E-state index is -4.74. The zero-order valence-corrected chi connectivity index (χ0v) is 32.1. The highest BCUT2D eigenvalue weighted by atomic mass is 35.5. The minimum Gasteiger partial charge on any atom is -0.376 e. The molecule has 0 spiro atoms. The van der Waals surface area contributed by atoms with Gasteiger partial charge in [-0.1, -0.05) is 42.4 Å². The van der Waals surface area contributed by atoms with Crippen LogP contribution in [0.2, 0.25) is 5.02 Å². The van der Waals surface area contributed by atoms with Crippen LogP contribution >= 0.6 is 23.4 Å². The topological polar surface area (TPSA) is 174 Å². The number of likely N-dealkylation sites (N-methyl/N-ethyl adjacent to an activating group) is 1. The van der Waals surface area contributed by atoms with Gasteiger partial charge in [0.1, 0.15) is 12.3 Å². The molecule has 3 heterocycles. The van der Waals surface area contributed by atoms with E-state index in [4.69, 9.17) is 23.1 Å². The first-order valence-electron chi connectivity index (χ1n) is 18.3. The normalized spacial score (nSPS) is 23.0. The Morgan fingerprint density at radius 3 is 2.56 bits per heavy atom. The molecule has 5 atom stereocenters. The molecule has 16 heteroatoms. The van der Waals surface area contributed by atoms with Gasteiger partial charge in [-0.25, -0.2) is 0 Å². The maximum Gasteiger partial charge on any atom is 0.416 e. The second kappa shape index (κ2) is 18.9. The van der Waals surface area contributed by atoms with Gasteiger partial charge >= 0.3 is 6.18 Å². The number of aliphatic hydroxyl groups is 1. The Balaban J connectivity index is 1.62. The van der Waals surface area contributed by atoms with E-state index in [0.717, 1.165) is 41.1 Å². The van der Waals surface area contributed by atoms with Crippen molar-refractivity contribution < 1.29 is 27.9 Å². The smallest absolute Gasteiger partial charge is 0.376 e. The molecule has 5 rings (SSSR count). The van der Waals surface area contributed by atoms with Crippen LogP contribution in [0.4, 0.5) is 13.2 Å². The molecule has 1 aliphatic carbocycles. The van der Waals surface area contributed by atoms with Gasteiger partial charge in [-0.3, -0.25) is 19.9 Å². The number of allylic oxidation sites excluding steroid dienone is 1. The molecule has 2 amide bonds. The summed E-state index contributed by atoms with van der Waals surface area (Å²) in [5.74, 6) is -0.620. The number of carbonyl (C=O) groups excluding carboxylic acids is 2. The number of nitrogens with zero attached hydrogens (tertiary/aromatic N) is 2. The summed E-state index contributed by atoms with van der Waals surface area (Å²) in [6.07, 6.45) is 6.14. The highest BCUT2D eigenvalue weighted by Gasteiger charge is 2.38. The van der Waals surface area contributed by atoms with Crippen molar-refractivity contribution in [3.63, 3.8) is 0 Å². The fraction of sp³-hybridized carbons (Fsp3) is 0.500. The third-order valence-electron chi connectivity index (χ3n) is 10.1. The first-order valence-corrected chi connectivity index (χ1v) is 19.5. The molecule has 11 nitrogen and oxygen atoms in total. The average molecular weight is 791 g/mol. The fourth-order valence-corrected chi connectivity index (χ4v) is 8.39. The van der Waals surface area contributed by atoms with Crippen LogP contribution in [-0.4, -0.2) is 76.3 Å². The lowest BCUT2D eigenvalue weighted by atomic mass is 9.91. The molecular weight excluding hydrogens is 741 g/mol. The van der Waals surface area contributed by atoms with Crippen LogP contribution in [0.5, 0.6) is 0 Å². The van der Waals surface area contributed by atoms with Crippen LogP contribution < -0.4 is 27.4 Å². The number of carbonyl (C=O) groups is 2. The third kappa shape index (κ3) is 10.0. The van der Waals surface area contributed by atoms with Gasteiger partial charge in [-0.2, -0.15) is 13.2 Å². The molecule has 0 radical (unpaired) electrons. The lowest BCUT2D eigenvalue weighted by Crippen LogP contribution is -2.58. The standard InChI is InChI=1S/C38H50ClF3N8O3S/c1-22-7-5-8-25-24(19-47-33(22)25)17-31-36(52)48-20-26-27(38(40,41)42)11-12-28(39)34(26)54-32-21-45-16-13-23(32)18-46-29(10-6-15-44)35(51)49-30(9-3-4-14-43)37(53)50(31)2/h5,8,11-13,16,19,21-22,29-31,36,46-48,52H,3-4,6-7,9-10,14-15,17-18,20,43-44H2,1-2H3,(H,49,51)/t22?,29-,30-,31-,36?/m0/s1. The van der Waals surface area contributed by atoms with E-state index < -0.39 is 54.5 Å². The summed E-state index contributed by atoms with van der Waals surface area (Å²) in [7, 11) is 1.54. The van der Waals surface area contributed by atoms with E-state index >= 15 is 0 Å². The first-order chi connectivity index (χ1) is 25.8. The third-order valence-corrected chi connectivity index (χ3v) is 11.8. The van der Waals surface area contributed by atoms with Crippen LogP contribution in [0.3, 0.4) is 0 Å². The quantitative estimate of drug-likeness (QED) is 0.146. The van der Waals surface area contributed by atoms with E-state index in [0.29, 0.717) is 49.2 Å². The molecule has 0 fully saturated rings. The van der Waals surface area contributed by atoms with E-state index in [2.05, 4.69) is 38.9 Å². The number of aliphatic hydroxyl groups excluding tert-OH is 1. The highest BCUT2D eigenvalue weighted by molar-refractivity contribution is 7.99. The van der Waals surface area contributed by atoms with Crippen molar-refractivity contribution in [2.24, 2.45) is 11.5 Å². The van der Waals surface area contributed by atoms with Crippen LogP contribution in [0, 0.1) is 0 Å². The molecule has 54 heavy (non-hydrogen) atoms. The number of aromatic amines is 1. The number of alkyl halides is 3. The molecule has 0 saturated heterocycles. The van der Waals surface area contributed by atoms with E-state index in [1.165, 1.54) is 17.2 Å². The molecular formula is C38H50ClF3N8O3S. The molecule has 3 aromatic rings. The van der Waals surface area contributed by atoms with Crippen molar-refractivity contribution in [3.8, 4) is 0 Å². The first kappa shape index (κ1) is 41.7. The molecule has 2 aliphatic rings. The van der Waals surface area contributed by atoms with Crippen molar-refractivity contribution >= 4 is 41.3 Å². The van der Waals surface area contributed by atoms with Crippen molar-refractivity contribution in [2.45, 2.75) is 111 Å². The Bertz CT molecular complexity index is 1790. The number of H-pyrrole nitrogens is 1. The summed E-state index contributed by atoms with van der Waals surface area (Å²) >= 11 is 7.68. The Morgan fingerprint density at radius 1 is 1.06 bits per heavy atom. The van der Waals surface area contributed by atoms with Gasteiger partial charge in [0.05, 0.1) is 22.7 Å². The summed E-state index contributed by atoms with van der Waals surface area (Å²) in [6, 6.07) is 1.18. The van der Waals surface area contributed by atoms with E-state index in [1.807, 2.05) is 12.3 Å². The number of amides is 2. The molecule has 2 aromatic heterocycles. The summed E-state index contributed by atoms with van der Waals surface area (Å²) < 4.78 is 43.9. The lowest BCUT2D eigenvalue weighted by Gasteiger charge is -2.35. The number of halogens is 4. The van der Waals surface area contributed by atoms with Gasteiger partial charge in [0.2, 0.25) is 11.8 Å². The Labute approximate surface area is 323 Å². The highest BCUT2D eigenvalue weighted by Crippen LogP contribution is 2.43. The van der Waals surface area contributed by atoms with E-state index in [1.54, 1.807) is 19.3 Å². The van der Waals surface area contributed by atoms with Crippen molar-refractivity contribution in [1.82, 2.24) is 30.8 Å². The largest absolute Gasteiger partial charge is 0.416 e. The number of fused-ring (bicyclic) bond motifs is 3. The second-order valence-electron chi connectivity index (χ2n) is 13.9. The SMILES string of the molecule is CC1CC=Cc2c(C[C@H]3C(O)NCc4c(C(F)(F)F)ccc(Cl)c4Sc4cnccc4CN[C@@H](CCCN)C(=O)N[C@@H](CCCCN)C(=O)N3C)c[nH]c21. The van der Waals surface area contributed by atoms with Crippen molar-refractivity contribution in [1.29, 1.82) is 0 Å². The number of nitrogens with one attached hydrogen (secondary N) is 4. The van der Waals surface area contributed by atoms with Gasteiger partial charge in [0.15, 0.2) is 0 Å². The van der Waals surface area contributed by atoms with Gasteiger partial charge in [-0.15, -0.1) is 0 Å². The minimum absolute atomic E-state index is 0.0872. The second-order valence-corrected chi connectivity index (χ2v) is 15.4. The monoisotopic (exact) mass is 790 g/mol. The van der Waals surface area contributed by atoms with E-state index in [-0.39, 0.29) is 40.8 Å². The molecule has 1 aromatic carbocycles. The van der Waals surface area contributed by atoms with Gasteiger partial charge in [-0.05, 0) is 98.5 Å². The molecule has 0 saturated carbocycles. The predicted octanol–water partition coefficient (Wildman–Crippen LogP) is 5.06. The lowest BCUT2D eigenvalue weighted by molar-refractivity contribution is -0.140. The number of hydrogen-bond donors (Lipinski definition) is 7. The number of pyridine rings is 1. The average Bonchev–Trinajstić information content (AvgIpc) is 3.56. The fourth-order valence-electron chi connectivity index (χ4n) is 7.02. The van der Waals surface area contributed by atoms with E-state index in [9.17, 15) is 27.9 Å². The van der Waals surface area contributed by atoms with Gasteiger partial charge in [0, 0.05) is 60.1 Å². The maximum absolute atomic E-state index is 14.6. The van der Waals surface area contributed by atoms with Crippen LogP contribution in [0.15, 0.2) is 52.7 Å².